The van der Waals surface area contributed by atoms with Crippen LogP contribution >= 0.6 is 12.2 Å². The molecule has 0 fully saturated rings. The first-order chi connectivity index (χ1) is 9.72. The molecule has 0 unspecified atom stereocenters. The number of hydrogen-bond donors (Lipinski definition) is 2. The second-order valence-electron chi connectivity index (χ2n) is 4.19. The van der Waals surface area contributed by atoms with E-state index in [9.17, 15) is 0 Å². The van der Waals surface area contributed by atoms with Gasteiger partial charge in [-0.25, -0.2) is 9.97 Å². The number of anilines is 2. The van der Waals surface area contributed by atoms with E-state index in [2.05, 4.69) is 20.3 Å². The molecule has 0 bridgehead atoms. The molecule has 0 spiro atoms. The summed E-state index contributed by atoms with van der Waals surface area (Å²) in [4.78, 5) is 12.9. The third kappa shape index (κ3) is 2.55. The molecule has 0 atom stereocenters. The van der Waals surface area contributed by atoms with Crippen LogP contribution in [0.1, 0.15) is 5.69 Å². The molecule has 0 saturated heterocycles. The van der Waals surface area contributed by atoms with Crippen molar-refractivity contribution in [2.24, 2.45) is 5.73 Å². The van der Waals surface area contributed by atoms with Crippen LogP contribution in [0.3, 0.4) is 0 Å². The highest BCUT2D eigenvalue weighted by Crippen LogP contribution is 2.18. The van der Waals surface area contributed by atoms with E-state index >= 15 is 0 Å². The van der Waals surface area contributed by atoms with Gasteiger partial charge in [-0.1, -0.05) is 30.4 Å². The quantitative estimate of drug-likeness (QED) is 0.718. The Morgan fingerprint density at radius 2 is 1.90 bits per heavy atom. The maximum Gasteiger partial charge on any atom is 0.148 e. The molecule has 3 rings (SSSR count). The van der Waals surface area contributed by atoms with E-state index in [1.165, 1.54) is 0 Å². The summed E-state index contributed by atoms with van der Waals surface area (Å²) >= 11 is 4.83. The number of benzene rings is 1. The van der Waals surface area contributed by atoms with Crippen LogP contribution in [0.4, 0.5) is 11.5 Å². The Bertz CT molecular complexity index is 770. The Hall–Kier alpha value is -2.60. The summed E-state index contributed by atoms with van der Waals surface area (Å²) in [5.74, 6) is 0.613. The second-order valence-corrected chi connectivity index (χ2v) is 4.63. The minimum absolute atomic E-state index is 0.233. The van der Waals surface area contributed by atoms with Gasteiger partial charge in [-0.3, -0.25) is 4.98 Å². The van der Waals surface area contributed by atoms with Crippen LogP contribution in [0.25, 0.3) is 10.9 Å². The number of para-hydroxylation sites is 1. The molecular weight excluding hydrogens is 270 g/mol. The predicted molar refractivity (Wildman–Crippen MR) is 82.9 cm³/mol. The van der Waals surface area contributed by atoms with E-state index in [0.29, 0.717) is 11.5 Å². The standard InChI is InChI=1S/C14H11N5S/c15-14(20)12-7-18-13(8-17-12)19-10-5-9-3-1-2-4-11(9)16-6-10/h1-8H,(H2,15,20)(H,18,19). The number of nitrogens with zero attached hydrogens (tertiary/aromatic N) is 3. The molecule has 3 aromatic rings. The highest BCUT2D eigenvalue weighted by Gasteiger charge is 2.02. The number of pyridine rings is 1. The number of fused-ring (bicyclic) bond motifs is 1. The molecule has 0 radical (unpaired) electrons. The van der Waals surface area contributed by atoms with E-state index in [4.69, 9.17) is 18.0 Å². The highest BCUT2D eigenvalue weighted by atomic mass is 32.1. The summed E-state index contributed by atoms with van der Waals surface area (Å²) in [6.07, 6.45) is 4.88. The van der Waals surface area contributed by atoms with Gasteiger partial charge in [-0.05, 0) is 12.1 Å². The Kier molecular flexibility index (Phi) is 3.22. The van der Waals surface area contributed by atoms with Gasteiger partial charge < -0.3 is 11.1 Å². The molecule has 0 aliphatic carbocycles. The van der Waals surface area contributed by atoms with E-state index in [0.717, 1.165) is 16.6 Å². The summed E-state index contributed by atoms with van der Waals surface area (Å²) < 4.78 is 0. The SMILES string of the molecule is NC(=S)c1cnc(Nc2cnc3ccccc3c2)cn1. The van der Waals surface area contributed by atoms with Crippen molar-refractivity contribution in [3.63, 3.8) is 0 Å². The zero-order chi connectivity index (χ0) is 13.9. The molecule has 0 aliphatic rings. The van der Waals surface area contributed by atoms with E-state index in [1.54, 1.807) is 18.6 Å². The molecule has 0 aliphatic heterocycles. The number of nitrogens with two attached hydrogens (primary N) is 1. The first-order valence-corrected chi connectivity index (χ1v) is 6.37. The molecule has 0 saturated carbocycles. The molecule has 2 heterocycles. The molecule has 3 N–H and O–H groups in total. The zero-order valence-corrected chi connectivity index (χ0v) is 11.3. The number of hydrogen-bond acceptors (Lipinski definition) is 5. The van der Waals surface area contributed by atoms with Gasteiger partial charge in [0.1, 0.15) is 16.5 Å². The van der Waals surface area contributed by atoms with Crippen molar-refractivity contribution in [3.05, 3.63) is 54.6 Å². The van der Waals surface area contributed by atoms with Gasteiger partial charge in [0.25, 0.3) is 0 Å². The molecule has 5 nitrogen and oxygen atoms in total. The summed E-state index contributed by atoms with van der Waals surface area (Å²) in [5.41, 5.74) is 7.78. The average molecular weight is 281 g/mol. The van der Waals surface area contributed by atoms with Crippen LogP contribution in [0.2, 0.25) is 0 Å². The van der Waals surface area contributed by atoms with Crippen molar-refractivity contribution < 1.29 is 0 Å². The molecule has 2 aromatic heterocycles. The normalized spacial score (nSPS) is 10.4. The van der Waals surface area contributed by atoms with E-state index in [1.807, 2.05) is 30.3 Å². The third-order valence-electron chi connectivity index (χ3n) is 2.77. The fraction of sp³-hybridized carbons (Fsp3) is 0. The van der Waals surface area contributed by atoms with Crippen LogP contribution < -0.4 is 11.1 Å². The number of rotatable bonds is 3. The minimum atomic E-state index is 0.233. The van der Waals surface area contributed by atoms with Gasteiger partial charge in [0.2, 0.25) is 0 Å². The summed E-state index contributed by atoms with van der Waals surface area (Å²) in [7, 11) is 0. The molecule has 1 aromatic carbocycles. The maximum atomic E-state index is 5.48. The lowest BCUT2D eigenvalue weighted by Gasteiger charge is -2.06. The van der Waals surface area contributed by atoms with Gasteiger partial charge in [-0.2, -0.15) is 0 Å². The molecular formula is C14H11N5S. The highest BCUT2D eigenvalue weighted by molar-refractivity contribution is 7.80. The fourth-order valence-electron chi connectivity index (χ4n) is 1.81. The molecule has 20 heavy (non-hydrogen) atoms. The molecule has 0 amide bonds. The summed E-state index contributed by atoms with van der Waals surface area (Å²) in [6, 6.07) is 9.92. The van der Waals surface area contributed by atoms with Gasteiger partial charge in [0.15, 0.2) is 0 Å². The van der Waals surface area contributed by atoms with Gasteiger partial charge in [-0.15, -0.1) is 0 Å². The van der Waals surface area contributed by atoms with Gasteiger partial charge in [0.05, 0.1) is 29.8 Å². The van der Waals surface area contributed by atoms with Crippen molar-refractivity contribution in [1.82, 2.24) is 15.0 Å². The lowest BCUT2D eigenvalue weighted by Crippen LogP contribution is -2.12. The lowest BCUT2D eigenvalue weighted by molar-refractivity contribution is 1.18. The Labute approximate surface area is 120 Å². The van der Waals surface area contributed by atoms with Crippen LogP contribution in [-0.2, 0) is 0 Å². The number of aromatic nitrogens is 3. The van der Waals surface area contributed by atoms with Gasteiger partial charge >= 0.3 is 0 Å². The van der Waals surface area contributed by atoms with Crippen LogP contribution in [0, 0.1) is 0 Å². The largest absolute Gasteiger partial charge is 0.388 e. The van der Waals surface area contributed by atoms with Crippen molar-refractivity contribution in [2.75, 3.05) is 5.32 Å². The molecule has 6 heteroatoms. The third-order valence-corrected chi connectivity index (χ3v) is 2.98. The smallest absolute Gasteiger partial charge is 0.148 e. The average Bonchev–Trinajstić information content (AvgIpc) is 2.48. The molecule has 98 valence electrons. The number of nitrogens with one attached hydrogen (secondary N) is 1. The van der Waals surface area contributed by atoms with Crippen molar-refractivity contribution in [1.29, 1.82) is 0 Å². The fourth-order valence-corrected chi connectivity index (χ4v) is 1.91. The van der Waals surface area contributed by atoms with Crippen molar-refractivity contribution >= 4 is 39.6 Å². The van der Waals surface area contributed by atoms with Crippen molar-refractivity contribution in [3.8, 4) is 0 Å². The maximum absolute atomic E-state index is 5.48. The minimum Gasteiger partial charge on any atom is -0.388 e. The van der Waals surface area contributed by atoms with E-state index in [-0.39, 0.29) is 4.99 Å². The van der Waals surface area contributed by atoms with Crippen LogP contribution in [-0.4, -0.2) is 19.9 Å². The van der Waals surface area contributed by atoms with E-state index < -0.39 is 0 Å². The topological polar surface area (TPSA) is 76.7 Å². The van der Waals surface area contributed by atoms with Crippen LogP contribution in [0.5, 0.6) is 0 Å². The first kappa shape index (κ1) is 12.4. The summed E-state index contributed by atoms with van der Waals surface area (Å²) in [5, 5.41) is 4.20. The zero-order valence-electron chi connectivity index (χ0n) is 10.4. The van der Waals surface area contributed by atoms with Crippen molar-refractivity contribution in [2.45, 2.75) is 0 Å². The Balaban J connectivity index is 1.87. The first-order valence-electron chi connectivity index (χ1n) is 5.96. The monoisotopic (exact) mass is 281 g/mol. The van der Waals surface area contributed by atoms with Gasteiger partial charge in [0, 0.05) is 5.39 Å². The lowest BCUT2D eigenvalue weighted by atomic mass is 10.2. The summed E-state index contributed by atoms with van der Waals surface area (Å²) in [6.45, 7) is 0. The Morgan fingerprint density at radius 1 is 1.05 bits per heavy atom. The predicted octanol–water partition coefficient (Wildman–Crippen LogP) is 2.40. The Morgan fingerprint density at radius 3 is 2.65 bits per heavy atom. The number of thiocarbonyl (C=S) groups is 1. The van der Waals surface area contributed by atoms with Crippen LogP contribution in [0.15, 0.2) is 48.9 Å². The second kappa shape index (κ2) is 5.18.